The summed E-state index contributed by atoms with van der Waals surface area (Å²) in [4.78, 5) is 0. The Bertz CT molecular complexity index is 134. The van der Waals surface area contributed by atoms with Crippen LogP contribution in [0, 0.1) is 6.92 Å². The summed E-state index contributed by atoms with van der Waals surface area (Å²) in [7, 11) is 0. The second-order valence-corrected chi connectivity index (χ2v) is 1.65. The van der Waals surface area contributed by atoms with Gasteiger partial charge in [0.05, 0.1) is 0 Å². The molecule has 0 aliphatic rings. The van der Waals surface area contributed by atoms with E-state index in [4.69, 9.17) is 0 Å². The van der Waals surface area contributed by atoms with Gasteiger partial charge >= 0.3 is 0 Å². The van der Waals surface area contributed by atoms with E-state index in [0.29, 0.717) is 0 Å². The van der Waals surface area contributed by atoms with Gasteiger partial charge in [-0.2, -0.15) is 0 Å². The van der Waals surface area contributed by atoms with Crippen LogP contribution in [0.1, 0.15) is 5.56 Å². The maximum atomic E-state index is 2.08. The third kappa shape index (κ3) is 2.41. The molecule has 0 aromatic heterocycles. The average Bonchev–Trinajstić information content (AvgIpc) is 1.69. The first-order chi connectivity index (χ1) is 3.39. The third-order valence-corrected chi connectivity index (χ3v) is 0.940. The standard InChI is InChI=1S/C7H8.In/c1-7-5-3-2-4-6-7;/h2-6H,1H3;. The van der Waals surface area contributed by atoms with E-state index in [1.807, 2.05) is 18.2 Å². The molecule has 0 amide bonds. The largest absolute Gasteiger partial charge is 0.0622 e. The minimum atomic E-state index is 0. The van der Waals surface area contributed by atoms with Gasteiger partial charge in [-0.3, -0.25) is 0 Å². The molecule has 0 saturated carbocycles. The van der Waals surface area contributed by atoms with Gasteiger partial charge in [-0.25, -0.2) is 0 Å². The predicted octanol–water partition coefficient (Wildman–Crippen LogP) is 1.61. The van der Waals surface area contributed by atoms with Gasteiger partial charge in [-0.05, 0) is 6.92 Å². The molecule has 0 saturated heterocycles. The molecule has 1 rings (SSSR count). The summed E-state index contributed by atoms with van der Waals surface area (Å²) in [6, 6.07) is 10.3. The summed E-state index contributed by atoms with van der Waals surface area (Å²) < 4.78 is 0. The number of hydrogen-bond acceptors (Lipinski definition) is 0. The van der Waals surface area contributed by atoms with Crippen molar-refractivity contribution < 1.29 is 0 Å². The minimum Gasteiger partial charge on any atom is -0.0622 e. The van der Waals surface area contributed by atoms with Crippen LogP contribution in [0.25, 0.3) is 0 Å². The molecule has 8 heavy (non-hydrogen) atoms. The molecule has 0 fully saturated rings. The molecule has 0 bridgehead atoms. The van der Waals surface area contributed by atoms with Crippen molar-refractivity contribution in [3.8, 4) is 0 Å². The fourth-order valence-electron chi connectivity index (χ4n) is 0.534. The molecule has 1 heteroatoms. The van der Waals surface area contributed by atoms with Crippen molar-refractivity contribution in [1.29, 1.82) is 0 Å². The normalized spacial score (nSPS) is 7.62. The van der Waals surface area contributed by atoms with Gasteiger partial charge in [0.25, 0.3) is 0 Å². The zero-order valence-corrected chi connectivity index (χ0v) is 8.26. The monoisotopic (exact) mass is 207 g/mol. The van der Waals surface area contributed by atoms with Crippen LogP contribution < -0.4 is 0 Å². The summed E-state index contributed by atoms with van der Waals surface area (Å²) in [5.41, 5.74) is 1.32. The van der Waals surface area contributed by atoms with Gasteiger partial charge in [-0.1, -0.05) is 35.9 Å². The van der Waals surface area contributed by atoms with Crippen molar-refractivity contribution in [3.05, 3.63) is 35.9 Å². The molecule has 0 nitrogen and oxygen atoms in total. The molecule has 1 aromatic rings. The van der Waals surface area contributed by atoms with Gasteiger partial charge in [0.15, 0.2) is 0 Å². The van der Waals surface area contributed by atoms with Crippen LogP contribution in [0.4, 0.5) is 0 Å². The van der Waals surface area contributed by atoms with Crippen LogP contribution in [-0.2, 0) is 0 Å². The average molecular weight is 207 g/mol. The first-order valence-corrected chi connectivity index (χ1v) is 2.41. The second kappa shape index (κ2) is 4.02. The van der Waals surface area contributed by atoms with Crippen molar-refractivity contribution in [2.75, 3.05) is 0 Å². The van der Waals surface area contributed by atoms with Crippen LogP contribution in [0.5, 0.6) is 0 Å². The Labute approximate surface area is 68.7 Å². The van der Waals surface area contributed by atoms with Crippen molar-refractivity contribution in [1.82, 2.24) is 0 Å². The minimum absolute atomic E-state index is 0. The fraction of sp³-hybridized carbons (Fsp3) is 0.143. The van der Waals surface area contributed by atoms with Gasteiger partial charge in [-0.15, -0.1) is 0 Å². The molecule has 0 aliphatic heterocycles. The SMILES string of the molecule is Cc1ccccc1.[In]. The Morgan fingerprint density at radius 2 is 1.50 bits per heavy atom. The number of benzene rings is 1. The number of aryl methyl sites for hydroxylation is 1. The van der Waals surface area contributed by atoms with Crippen molar-refractivity contribution in [3.63, 3.8) is 0 Å². The molecule has 0 atom stereocenters. The van der Waals surface area contributed by atoms with Gasteiger partial charge in [0.2, 0.25) is 0 Å². The molecule has 3 radical (unpaired) electrons. The first kappa shape index (κ1) is 8.09. The smallest absolute Gasteiger partial charge is 0 e. The molecular formula is C7H8In. The Kier molecular flexibility index (Phi) is 4.06. The van der Waals surface area contributed by atoms with E-state index in [0.717, 1.165) is 0 Å². The van der Waals surface area contributed by atoms with E-state index >= 15 is 0 Å². The maximum absolute atomic E-state index is 2.08. The van der Waals surface area contributed by atoms with Crippen LogP contribution >= 0.6 is 0 Å². The topological polar surface area (TPSA) is 0 Å². The van der Waals surface area contributed by atoms with Crippen LogP contribution in [0.3, 0.4) is 0 Å². The fourth-order valence-corrected chi connectivity index (χ4v) is 0.534. The molecule has 0 spiro atoms. The molecule has 39 valence electrons. The molecule has 1 aromatic carbocycles. The van der Waals surface area contributed by atoms with Gasteiger partial charge in [0, 0.05) is 25.8 Å². The van der Waals surface area contributed by atoms with E-state index < -0.39 is 0 Å². The first-order valence-electron chi connectivity index (χ1n) is 2.41. The molecule has 0 aliphatic carbocycles. The van der Waals surface area contributed by atoms with Crippen molar-refractivity contribution >= 4 is 25.8 Å². The van der Waals surface area contributed by atoms with Gasteiger partial charge in [0.1, 0.15) is 0 Å². The summed E-state index contributed by atoms with van der Waals surface area (Å²) in [5, 5.41) is 0. The summed E-state index contributed by atoms with van der Waals surface area (Å²) in [6.07, 6.45) is 0. The van der Waals surface area contributed by atoms with E-state index in [9.17, 15) is 0 Å². The molecule has 0 N–H and O–H groups in total. The Morgan fingerprint density at radius 1 is 1.00 bits per heavy atom. The zero-order valence-electron chi connectivity index (χ0n) is 4.96. The molecule has 0 heterocycles. The molecule has 0 unspecified atom stereocenters. The summed E-state index contributed by atoms with van der Waals surface area (Å²) in [6.45, 7) is 2.08. The third-order valence-electron chi connectivity index (χ3n) is 0.940. The quantitative estimate of drug-likeness (QED) is 0.606. The second-order valence-electron chi connectivity index (χ2n) is 1.65. The maximum Gasteiger partial charge on any atom is 0 e. The van der Waals surface area contributed by atoms with Crippen LogP contribution in [0.2, 0.25) is 0 Å². The zero-order chi connectivity index (χ0) is 5.11. The summed E-state index contributed by atoms with van der Waals surface area (Å²) in [5.74, 6) is 0. The van der Waals surface area contributed by atoms with Crippen LogP contribution in [-0.4, -0.2) is 25.8 Å². The van der Waals surface area contributed by atoms with E-state index in [-0.39, 0.29) is 25.8 Å². The summed E-state index contributed by atoms with van der Waals surface area (Å²) >= 11 is 0. The number of rotatable bonds is 0. The molecular weight excluding hydrogens is 199 g/mol. The van der Waals surface area contributed by atoms with Crippen molar-refractivity contribution in [2.45, 2.75) is 6.92 Å². The Morgan fingerprint density at radius 3 is 1.75 bits per heavy atom. The Hall–Kier alpha value is 0.0901. The van der Waals surface area contributed by atoms with Crippen molar-refractivity contribution in [2.24, 2.45) is 0 Å². The van der Waals surface area contributed by atoms with E-state index in [1.54, 1.807) is 0 Å². The van der Waals surface area contributed by atoms with E-state index in [1.165, 1.54) is 5.56 Å². The number of hydrogen-bond donors (Lipinski definition) is 0. The predicted molar refractivity (Wildman–Crippen MR) is 36.9 cm³/mol. The van der Waals surface area contributed by atoms with E-state index in [2.05, 4.69) is 19.1 Å². The Balaban J connectivity index is 0.000000490. The van der Waals surface area contributed by atoms with Crippen LogP contribution in [0.15, 0.2) is 30.3 Å². The van der Waals surface area contributed by atoms with Gasteiger partial charge < -0.3 is 0 Å².